The van der Waals surface area contributed by atoms with E-state index in [4.69, 9.17) is 0 Å². The van der Waals surface area contributed by atoms with Crippen LogP contribution in [0, 0.1) is 5.92 Å². The Morgan fingerprint density at radius 3 is 2.82 bits per heavy atom. The number of aliphatic hydroxyl groups is 1. The quantitative estimate of drug-likeness (QED) is 0.604. The van der Waals surface area contributed by atoms with Gasteiger partial charge in [0.1, 0.15) is 0 Å². The lowest BCUT2D eigenvalue weighted by Gasteiger charge is -2.29. The van der Waals surface area contributed by atoms with Crippen molar-refractivity contribution < 1.29 is 9.90 Å². The molecule has 0 aromatic heterocycles. The van der Waals surface area contributed by atoms with E-state index in [1.807, 2.05) is 19.0 Å². The summed E-state index contributed by atoms with van der Waals surface area (Å²) in [6.45, 7) is 4.34. The van der Waals surface area contributed by atoms with Crippen LogP contribution in [0.4, 0.5) is 0 Å². The molecule has 3 N–H and O–H groups in total. The molecule has 100 valence electrons. The molecule has 2 unspecified atom stereocenters. The molecule has 0 saturated carbocycles. The van der Waals surface area contributed by atoms with Crippen LogP contribution in [0.15, 0.2) is 0 Å². The fourth-order valence-corrected chi connectivity index (χ4v) is 2.23. The van der Waals surface area contributed by atoms with E-state index in [2.05, 4.69) is 10.6 Å². The van der Waals surface area contributed by atoms with E-state index >= 15 is 0 Å². The van der Waals surface area contributed by atoms with Gasteiger partial charge in [-0.1, -0.05) is 0 Å². The van der Waals surface area contributed by atoms with Crippen LogP contribution in [0.3, 0.4) is 0 Å². The minimum atomic E-state index is -0.874. The van der Waals surface area contributed by atoms with Crippen LogP contribution in [0.2, 0.25) is 0 Å². The Bertz CT molecular complexity index is 248. The predicted molar refractivity (Wildman–Crippen MR) is 67.8 cm³/mol. The largest absolute Gasteiger partial charge is 0.387 e. The van der Waals surface area contributed by atoms with Gasteiger partial charge in [0.15, 0.2) is 0 Å². The topological polar surface area (TPSA) is 64.6 Å². The molecule has 5 heteroatoms. The highest BCUT2D eigenvalue weighted by atomic mass is 16.3. The lowest BCUT2D eigenvalue weighted by Crippen LogP contribution is -2.49. The van der Waals surface area contributed by atoms with Gasteiger partial charge < -0.3 is 20.6 Å². The monoisotopic (exact) mass is 243 g/mol. The Labute approximate surface area is 104 Å². The number of amides is 1. The molecule has 0 radical (unpaired) electrons. The van der Waals surface area contributed by atoms with Crippen molar-refractivity contribution in [1.82, 2.24) is 15.5 Å². The molecule has 1 heterocycles. The first-order valence-electron chi connectivity index (χ1n) is 6.26. The van der Waals surface area contributed by atoms with Gasteiger partial charge in [0.2, 0.25) is 5.91 Å². The molecule has 0 bridgehead atoms. The number of carbonyl (C=O) groups excluding carboxylic acids is 1. The summed E-state index contributed by atoms with van der Waals surface area (Å²) in [7, 11) is 3.81. The summed E-state index contributed by atoms with van der Waals surface area (Å²) in [5, 5.41) is 16.1. The van der Waals surface area contributed by atoms with E-state index in [-0.39, 0.29) is 11.8 Å². The SMILES string of the molecule is CN(C)CC(C)(O)CNC(=O)C1CCCNC1. The number of nitrogens with one attached hydrogen (secondary N) is 2. The fourth-order valence-electron chi connectivity index (χ4n) is 2.23. The normalized spacial score (nSPS) is 24.4. The molecule has 17 heavy (non-hydrogen) atoms. The van der Waals surface area contributed by atoms with Gasteiger partial charge in [-0.05, 0) is 40.4 Å². The first-order chi connectivity index (χ1) is 7.91. The Morgan fingerprint density at radius 1 is 1.59 bits per heavy atom. The first kappa shape index (κ1) is 14.4. The maximum absolute atomic E-state index is 11.9. The molecule has 0 spiro atoms. The van der Waals surface area contributed by atoms with Gasteiger partial charge in [-0.2, -0.15) is 0 Å². The molecule has 0 aromatic rings. The van der Waals surface area contributed by atoms with Crippen molar-refractivity contribution in [3.05, 3.63) is 0 Å². The molecule has 1 aliphatic heterocycles. The maximum Gasteiger partial charge on any atom is 0.224 e. The Hall–Kier alpha value is -0.650. The molecular weight excluding hydrogens is 218 g/mol. The number of carbonyl (C=O) groups is 1. The van der Waals surface area contributed by atoms with E-state index < -0.39 is 5.60 Å². The summed E-state index contributed by atoms with van der Waals surface area (Å²) in [5.74, 6) is 0.107. The van der Waals surface area contributed by atoms with E-state index in [0.717, 1.165) is 25.9 Å². The van der Waals surface area contributed by atoms with Crippen LogP contribution in [-0.2, 0) is 4.79 Å². The van der Waals surface area contributed by atoms with Crippen LogP contribution in [0.1, 0.15) is 19.8 Å². The van der Waals surface area contributed by atoms with Gasteiger partial charge in [0.05, 0.1) is 11.5 Å². The van der Waals surface area contributed by atoms with Crippen molar-refractivity contribution in [2.24, 2.45) is 5.92 Å². The molecule has 1 rings (SSSR count). The summed E-state index contributed by atoms with van der Waals surface area (Å²) >= 11 is 0. The van der Waals surface area contributed by atoms with Gasteiger partial charge >= 0.3 is 0 Å². The Kier molecular flexibility index (Phi) is 5.36. The highest BCUT2D eigenvalue weighted by Gasteiger charge is 2.25. The van der Waals surface area contributed by atoms with Crippen molar-refractivity contribution in [2.75, 3.05) is 40.3 Å². The smallest absolute Gasteiger partial charge is 0.224 e. The molecule has 0 aromatic carbocycles. The molecule has 1 saturated heterocycles. The van der Waals surface area contributed by atoms with Gasteiger partial charge in [-0.25, -0.2) is 0 Å². The molecule has 5 nitrogen and oxygen atoms in total. The van der Waals surface area contributed by atoms with E-state index in [9.17, 15) is 9.90 Å². The summed E-state index contributed by atoms with van der Waals surface area (Å²) < 4.78 is 0. The Morgan fingerprint density at radius 2 is 2.29 bits per heavy atom. The second kappa shape index (κ2) is 6.33. The number of rotatable bonds is 5. The minimum absolute atomic E-state index is 0.0521. The van der Waals surface area contributed by atoms with Crippen LogP contribution in [-0.4, -0.2) is 61.8 Å². The van der Waals surface area contributed by atoms with Gasteiger partial charge in [0.25, 0.3) is 0 Å². The number of nitrogens with zero attached hydrogens (tertiary/aromatic N) is 1. The zero-order chi connectivity index (χ0) is 12.9. The molecule has 0 aliphatic carbocycles. The third kappa shape index (κ3) is 5.48. The second-order valence-electron chi connectivity index (χ2n) is 5.50. The van der Waals surface area contributed by atoms with E-state index in [1.165, 1.54) is 0 Å². The lowest BCUT2D eigenvalue weighted by atomic mass is 9.98. The second-order valence-corrected chi connectivity index (χ2v) is 5.50. The van der Waals surface area contributed by atoms with Crippen LogP contribution < -0.4 is 10.6 Å². The van der Waals surface area contributed by atoms with Crippen LogP contribution >= 0.6 is 0 Å². The van der Waals surface area contributed by atoms with Gasteiger partial charge in [0, 0.05) is 19.6 Å². The molecule has 2 atom stereocenters. The van der Waals surface area contributed by atoms with Gasteiger partial charge in [-0.15, -0.1) is 0 Å². The van der Waals surface area contributed by atoms with E-state index in [1.54, 1.807) is 6.92 Å². The number of hydrogen-bond donors (Lipinski definition) is 3. The first-order valence-corrected chi connectivity index (χ1v) is 6.26. The van der Waals surface area contributed by atoms with Crippen LogP contribution in [0.25, 0.3) is 0 Å². The zero-order valence-corrected chi connectivity index (χ0v) is 11.1. The van der Waals surface area contributed by atoms with E-state index in [0.29, 0.717) is 13.1 Å². The summed E-state index contributed by atoms with van der Waals surface area (Å²) in [5.41, 5.74) is -0.874. The predicted octanol–water partition coefficient (Wildman–Crippen LogP) is -0.585. The third-order valence-electron chi connectivity index (χ3n) is 2.97. The van der Waals surface area contributed by atoms with Gasteiger partial charge in [-0.3, -0.25) is 4.79 Å². The highest BCUT2D eigenvalue weighted by Crippen LogP contribution is 2.10. The average molecular weight is 243 g/mol. The molecule has 1 aliphatic rings. The number of likely N-dealkylation sites (N-methyl/N-ethyl adjacent to an activating group) is 1. The van der Waals surface area contributed by atoms with Crippen molar-refractivity contribution >= 4 is 5.91 Å². The van der Waals surface area contributed by atoms with Crippen molar-refractivity contribution in [3.8, 4) is 0 Å². The van der Waals surface area contributed by atoms with Crippen molar-refractivity contribution in [3.63, 3.8) is 0 Å². The zero-order valence-electron chi connectivity index (χ0n) is 11.1. The number of piperidine rings is 1. The molecule has 1 fully saturated rings. The molecule has 1 amide bonds. The minimum Gasteiger partial charge on any atom is -0.387 e. The Balaban J connectivity index is 2.31. The summed E-state index contributed by atoms with van der Waals surface area (Å²) in [4.78, 5) is 13.8. The standard InChI is InChI=1S/C12H25N3O2/c1-12(17,9-15(2)3)8-14-11(16)10-5-4-6-13-7-10/h10,13,17H,4-9H2,1-3H3,(H,14,16). The molecular formula is C12H25N3O2. The average Bonchev–Trinajstić information content (AvgIpc) is 2.25. The summed E-state index contributed by atoms with van der Waals surface area (Å²) in [6.07, 6.45) is 1.99. The third-order valence-corrected chi connectivity index (χ3v) is 2.97. The van der Waals surface area contributed by atoms with Crippen LogP contribution in [0.5, 0.6) is 0 Å². The van der Waals surface area contributed by atoms with Crippen molar-refractivity contribution in [1.29, 1.82) is 0 Å². The fraction of sp³-hybridized carbons (Fsp3) is 0.917. The lowest BCUT2D eigenvalue weighted by molar-refractivity contribution is -0.126. The summed E-state index contributed by atoms with van der Waals surface area (Å²) in [6, 6.07) is 0. The van der Waals surface area contributed by atoms with Crippen molar-refractivity contribution in [2.45, 2.75) is 25.4 Å². The highest BCUT2D eigenvalue weighted by molar-refractivity contribution is 5.79. The maximum atomic E-state index is 11.9. The number of hydrogen-bond acceptors (Lipinski definition) is 4.